The molecule has 13 nitrogen and oxygen atoms in total. The van der Waals surface area contributed by atoms with Crippen LogP contribution in [0.25, 0.3) is 21.8 Å². The predicted octanol–water partition coefficient (Wildman–Crippen LogP) is 6.65. The first kappa shape index (κ1) is 35.3. The number of fused-ring (bicyclic) bond motifs is 2. The number of aromatic nitrogens is 4. The molecule has 4 aliphatic rings. The number of nitrogens with one attached hydrogen (secondary N) is 2. The molecule has 2 saturated heterocycles. The summed E-state index contributed by atoms with van der Waals surface area (Å²) in [6.45, 7) is 3.71. The number of benzene rings is 2. The van der Waals surface area contributed by atoms with Gasteiger partial charge in [0, 0.05) is 84.8 Å². The van der Waals surface area contributed by atoms with Crippen LogP contribution in [0.5, 0.6) is 5.75 Å². The summed E-state index contributed by atoms with van der Waals surface area (Å²) in [6.07, 6.45) is 16.3. The SMILES string of the molecule is COc1cc2nn(C3CCC(CCN4CCC(n5ccc6cc(N7CCC(=O)NC7=O)ccc65)CC4)CC3)cc2cc1C(=O)Nc1cccn(C2CC2)c1=O. The third-order valence-corrected chi connectivity index (χ3v) is 12.3. The van der Waals surface area contributed by atoms with Crippen molar-refractivity contribution in [3.8, 4) is 5.75 Å². The molecule has 2 aliphatic heterocycles. The molecule has 2 aromatic carbocycles. The standard InChI is InChI=1S/C42H48N8O5/c1-55-38-25-36-29(24-34(38)40(52)43-35-3-2-17-48(41(35)53)30-8-9-30)26-50(45-36)32-6-4-27(5-7-32)12-18-46-19-14-31(15-20-46)47-21-13-28-23-33(10-11-37(28)47)49-22-16-39(51)44-42(49)54/h2-3,10-11,13,17,21,23-27,30-32H,4-9,12,14-16,18-20,22H2,1H3,(H,43,52)(H,44,51,54). The molecule has 9 rings (SSSR count). The van der Waals surface area contributed by atoms with Crippen LogP contribution in [0.15, 0.2) is 71.9 Å². The van der Waals surface area contributed by atoms with Gasteiger partial charge in [0.15, 0.2) is 0 Å². The van der Waals surface area contributed by atoms with E-state index in [1.165, 1.54) is 24.8 Å². The number of anilines is 2. The maximum atomic E-state index is 13.4. The number of urea groups is 1. The van der Waals surface area contributed by atoms with Crippen molar-refractivity contribution < 1.29 is 19.1 Å². The second-order valence-corrected chi connectivity index (χ2v) is 15.8. The van der Waals surface area contributed by atoms with Gasteiger partial charge in [0.25, 0.3) is 11.5 Å². The number of methoxy groups -OCH3 is 1. The lowest BCUT2D eigenvalue weighted by Crippen LogP contribution is -2.49. The molecule has 13 heteroatoms. The average Bonchev–Trinajstić information content (AvgIpc) is 3.82. The van der Waals surface area contributed by atoms with Gasteiger partial charge in [-0.3, -0.25) is 29.3 Å². The number of rotatable bonds is 10. The van der Waals surface area contributed by atoms with E-state index in [1.54, 1.807) is 34.9 Å². The Bertz CT molecular complexity index is 2320. The van der Waals surface area contributed by atoms with E-state index in [-0.39, 0.29) is 35.1 Å². The van der Waals surface area contributed by atoms with Crippen LogP contribution in [0.1, 0.15) is 92.7 Å². The summed E-state index contributed by atoms with van der Waals surface area (Å²) in [6, 6.07) is 16.0. The van der Waals surface area contributed by atoms with E-state index < -0.39 is 0 Å². The highest BCUT2D eigenvalue weighted by molar-refractivity contribution is 6.08. The Hall–Kier alpha value is -5.43. The second-order valence-electron chi connectivity index (χ2n) is 15.8. The number of carbonyl (C=O) groups excluding carboxylic acids is 3. The van der Waals surface area contributed by atoms with Gasteiger partial charge in [-0.15, -0.1) is 0 Å². The summed E-state index contributed by atoms with van der Waals surface area (Å²) in [5.41, 5.74) is 3.26. The van der Waals surface area contributed by atoms with Crippen molar-refractivity contribution in [2.24, 2.45) is 5.92 Å². The van der Waals surface area contributed by atoms with Crippen LogP contribution in [0.2, 0.25) is 0 Å². The molecule has 2 saturated carbocycles. The zero-order valence-electron chi connectivity index (χ0n) is 31.3. The molecule has 4 fully saturated rings. The van der Waals surface area contributed by atoms with Crippen molar-refractivity contribution in [2.45, 2.75) is 82.3 Å². The predicted molar refractivity (Wildman–Crippen MR) is 211 cm³/mol. The molecule has 0 bridgehead atoms. The van der Waals surface area contributed by atoms with Gasteiger partial charge in [-0.05, 0) is 113 Å². The number of ether oxygens (including phenoxy) is 1. The lowest BCUT2D eigenvalue weighted by Gasteiger charge is -2.35. The summed E-state index contributed by atoms with van der Waals surface area (Å²) in [5.74, 6) is 0.545. The molecule has 2 N–H and O–H groups in total. The average molecular weight is 745 g/mol. The lowest BCUT2D eigenvalue weighted by atomic mass is 9.84. The maximum absolute atomic E-state index is 13.4. The van der Waals surface area contributed by atoms with E-state index in [0.29, 0.717) is 42.3 Å². The largest absolute Gasteiger partial charge is 0.496 e. The van der Waals surface area contributed by atoms with Gasteiger partial charge < -0.3 is 24.1 Å². The molecule has 0 radical (unpaired) electrons. The number of pyridine rings is 1. The van der Waals surface area contributed by atoms with Crippen molar-refractivity contribution >= 4 is 51.0 Å². The van der Waals surface area contributed by atoms with Crippen LogP contribution in [-0.4, -0.2) is 74.9 Å². The van der Waals surface area contributed by atoms with Crippen LogP contribution in [0, 0.1) is 5.92 Å². The van der Waals surface area contributed by atoms with Gasteiger partial charge in [0.05, 0.1) is 24.2 Å². The van der Waals surface area contributed by atoms with E-state index in [1.807, 2.05) is 24.4 Å². The van der Waals surface area contributed by atoms with Gasteiger partial charge in [-0.1, -0.05) is 0 Å². The minimum Gasteiger partial charge on any atom is -0.496 e. The van der Waals surface area contributed by atoms with E-state index in [4.69, 9.17) is 9.84 Å². The molecule has 2 aliphatic carbocycles. The number of hydrogen-bond acceptors (Lipinski definition) is 7. The molecule has 0 spiro atoms. The van der Waals surface area contributed by atoms with E-state index in [9.17, 15) is 19.2 Å². The Morgan fingerprint density at radius 1 is 0.855 bits per heavy atom. The number of hydrogen-bond donors (Lipinski definition) is 2. The lowest BCUT2D eigenvalue weighted by molar-refractivity contribution is -0.120. The number of nitrogens with zero attached hydrogens (tertiary/aromatic N) is 6. The van der Waals surface area contributed by atoms with E-state index >= 15 is 0 Å². The summed E-state index contributed by atoms with van der Waals surface area (Å²) in [5, 5.41) is 12.1. The first-order chi connectivity index (χ1) is 26.8. The monoisotopic (exact) mass is 744 g/mol. The Kier molecular flexibility index (Phi) is 9.41. The van der Waals surface area contributed by atoms with Crippen LogP contribution in [-0.2, 0) is 4.79 Å². The van der Waals surface area contributed by atoms with Crippen molar-refractivity contribution in [1.29, 1.82) is 0 Å². The highest BCUT2D eigenvalue weighted by Crippen LogP contribution is 2.37. The maximum Gasteiger partial charge on any atom is 0.328 e. The zero-order chi connectivity index (χ0) is 37.6. The minimum atomic E-state index is -0.374. The zero-order valence-corrected chi connectivity index (χ0v) is 31.3. The summed E-state index contributed by atoms with van der Waals surface area (Å²) in [4.78, 5) is 54.6. The summed E-state index contributed by atoms with van der Waals surface area (Å²) in [7, 11) is 1.55. The molecule has 286 valence electrons. The molecule has 55 heavy (non-hydrogen) atoms. The normalized spacial score (nSPS) is 21.3. The van der Waals surface area contributed by atoms with Gasteiger partial charge >= 0.3 is 6.03 Å². The molecule has 3 aromatic heterocycles. The Balaban J connectivity index is 0.765. The highest BCUT2D eigenvalue weighted by Gasteiger charge is 2.29. The topological polar surface area (TPSA) is 136 Å². The number of carbonyl (C=O) groups is 3. The first-order valence-electron chi connectivity index (χ1n) is 19.8. The molecular formula is C42H48N8O5. The third kappa shape index (κ3) is 7.13. The fourth-order valence-electron chi connectivity index (χ4n) is 8.97. The third-order valence-electron chi connectivity index (χ3n) is 12.3. The molecule has 5 heterocycles. The van der Waals surface area contributed by atoms with Gasteiger partial charge in [-0.2, -0.15) is 5.10 Å². The summed E-state index contributed by atoms with van der Waals surface area (Å²) >= 11 is 0. The molecule has 5 aromatic rings. The molecular weight excluding hydrogens is 697 g/mol. The van der Waals surface area contributed by atoms with Crippen LogP contribution < -0.4 is 25.8 Å². The number of imide groups is 1. The first-order valence-corrected chi connectivity index (χ1v) is 19.8. The van der Waals surface area contributed by atoms with Crippen LogP contribution >= 0.6 is 0 Å². The number of likely N-dealkylation sites (tertiary alicyclic amines) is 1. The van der Waals surface area contributed by atoms with Gasteiger partial charge in [-0.25, -0.2) is 4.79 Å². The second kappa shape index (κ2) is 14.7. The smallest absolute Gasteiger partial charge is 0.328 e. The molecule has 4 amide bonds. The Morgan fingerprint density at radius 3 is 2.40 bits per heavy atom. The minimum absolute atomic E-state index is 0.183. The number of piperidine rings is 1. The Labute approximate surface area is 319 Å². The fourth-order valence-corrected chi connectivity index (χ4v) is 8.97. The van der Waals surface area contributed by atoms with Crippen molar-refractivity contribution in [2.75, 3.05) is 43.5 Å². The summed E-state index contributed by atoms with van der Waals surface area (Å²) < 4.78 is 11.8. The van der Waals surface area contributed by atoms with Crippen molar-refractivity contribution in [3.63, 3.8) is 0 Å². The van der Waals surface area contributed by atoms with Crippen molar-refractivity contribution in [3.05, 3.63) is 83.0 Å². The molecule has 0 unspecified atom stereocenters. The highest BCUT2D eigenvalue weighted by atomic mass is 16.5. The van der Waals surface area contributed by atoms with Crippen LogP contribution in [0.3, 0.4) is 0 Å². The number of amides is 4. The van der Waals surface area contributed by atoms with Gasteiger partial charge in [0.1, 0.15) is 11.4 Å². The van der Waals surface area contributed by atoms with E-state index in [0.717, 1.165) is 80.1 Å². The van der Waals surface area contributed by atoms with Crippen molar-refractivity contribution in [1.82, 2.24) is 29.1 Å². The van der Waals surface area contributed by atoms with Crippen LogP contribution in [0.4, 0.5) is 16.2 Å². The fraction of sp³-hybridized carbons (Fsp3) is 0.452. The van der Waals surface area contributed by atoms with E-state index in [2.05, 4.69) is 49.2 Å². The Morgan fingerprint density at radius 2 is 1.64 bits per heavy atom. The quantitative estimate of drug-likeness (QED) is 0.163. The van der Waals surface area contributed by atoms with Gasteiger partial charge in [0.2, 0.25) is 5.91 Å². The molecule has 0 atom stereocenters.